The molecule has 0 bridgehead atoms. The summed E-state index contributed by atoms with van der Waals surface area (Å²) in [7, 11) is 0. The number of nitrogens with two attached hydrogens (primary N) is 1. The molecule has 0 saturated carbocycles. The number of hydrogen-bond acceptors (Lipinski definition) is 2. The molecule has 2 aromatic carbocycles. The summed E-state index contributed by atoms with van der Waals surface area (Å²) < 4.78 is 5.47. The van der Waals surface area contributed by atoms with Crippen molar-refractivity contribution >= 4 is 0 Å². The molecule has 0 radical (unpaired) electrons. The third-order valence-electron chi connectivity index (χ3n) is 3.81. The molecule has 0 saturated heterocycles. The SMILES string of the molecule is CCC(N)c1cccc(-c2ccc3c(c2)COC3)c1. The zero-order chi connectivity index (χ0) is 13.2. The highest BCUT2D eigenvalue weighted by Gasteiger charge is 2.12. The molecule has 2 aromatic rings. The van der Waals surface area contributed by atoms with E-state index in [0.29, 0.717) is 0 Å². The Labute approximate surface area is 114 Å². The number of ether oxygens (including phenoxy) is 1. The summed E-state index contributed by atoms with van der Waals surface area (Å²) in [5.74, 6) is 0. The van der Waals surface area contributed by atoms with Crippen LogP contribution in [-0.2, 0) is 18.0 Å². The fraction of sp³-hybridized carbons (Fsp3) is 0.294. The van der Waals surface area contributed by atoms with Crippen molar-refractivity contribution in [1.29, 1.82) is 0 Å². The molecule has 1 aliphatic heterocycles. The molecule has 3 rings (SSSR count). The molecular formula is C17H19NO. The molecule has 1 atom stereocenters. The lowest BCUT2D eigenvalue weighted by Crippen LogP contribution is -2.08. The molecule has 2 N–H and O–H groups in total. The van der Waals surface area contributed by atoms with Gasteiger partial charge in [-0.25, -0.2) is 0 Å². The zero-order valence-electron chi connectivity index (χ0n) is 11.2. The highest BCUT2D eigenvalue weighted by Crippen LogP contribution is 2.28. The lowest BCUT2D eigenvalue weighted by Gasteiger charge is -2.11. The molecule has 2 nitrogen and oxygen atoms in total. The van der Waals surface area contributed by atoms with Crippen LogP contribution in [0.3, 0.4) is 0 Å². The summed E-state index contributed by atoms with van der Waals surface area (Å²) in [6.45, 7) is 3.60. The van der Waals surface area contributed by atoms with E-state index in [2.05, 4.69) is 49.4 Å². The van der Waals surface area contributed by atoms with Gasteiger partial charge in [-0.1, -0.05) is 37.3 Å². The van der Waals surface area contributed by atoms with Crippen molar-refractivity contribution in [2.75, 3.05) is 0 Å². The molecule has 1 aliphatic rings. The lowest BCUT2D eigenvalue weighted by molar-refractivity contribution is 0.134. The molecular weight excluding hydrogens is 234 g/mol. The second-order valence-electron chi connectivity index (χ2n) is 5.12. The van der Waals surface area contributed by atoms with Crippen molar-refractivity contribution < 1.29 is 4.74 Å². The summed E-state index contributed by atoms with van der Waals surface area (Å²) in [4.78, 5) is 0. The van der Waals surface area contributed by atoms with Crippen LogP contribution < -0.4 is 5.73 Å². The maximum atomic E-state index is 6.11. The van der Waals surface area contributed by atoms with E-state index in [9.17, 15) is 0 Å². The average Bonchev–Trinajstić information content (AvgIpc) is 2.94. The Bertz CT molecular complexity index is 592. The highest BCUT2D eigenvalue weighted by atomic mass is 16.5. The molecule has 0 aromatic heterocycles. The van der Waals surface area contributed by atoms with Gasteiger partial charge in [0.25, 0.3) is 0 Å². The zero-order valence-corrected chi connectivity index (χ0v) is 11.2. The second-order valence-corrected chi connectivity index (χ2v) is 5.12. The fourth-order valence-electron chi connectivity index (χ4n) is 2.54. The van der Waals surface area contributed by atoms with Crippen molar-refractivity contribution in [2.24, 2.45) is 5.73 Å². The van der Waals surface area contributed by atoms with Crippen LogP contribution in [0.25, 0.3) is 11.1 Å². The van der Waals surface area contributed by atoms with Gasteiger partial charge in [0.2, 0.25) is 0 Å². The van der Waals surface area contributed by atoms with Crippen LogP contribution in [0.4, 0.5) is 0 Å². The summed E-state index contributed by atoms with van der Waals surface area (Å²) >= 11 is 0. The molecule has 0 fully saturated rings. The first-order chi connectivity index (χ1) is 9.28. The number of fused-ring (bicyclic) bond motifs is 1. The van der Waals surface area contributed by atoms with Gasteiger partial charge in [-0.15, -0.1) is 0 Å². The first-order valence-corrected chi connectivity index (χ1v) is 6.83. The molecule has 2 heteroatoms. The van der Waals surface area contributed by atoms with Gasteiger partial charge in [-0.3, -0.25) is 0 Å². The predicted octanol–water partition coefficient (Wildman–Crippen LogP) is 3.79. The minimum Gasteiger partial charge on any atom is -0.372 e. The molecule has 19 heavy (non-hydrogen) atoms. The molecule has 1 unspecified atom stereocenters. The van der Waals surface area contributed by atoms with E-state index in [4.69, 9.17) is 10.5 Å². The molecule has 0 spiro atoms. The summed E-state index contributed by atoms with van der Waals surface area (Å²) in [5, 5.41) is 0. The van der Waals surface area contributed by atoms with E-state index in [1.807, 2.05) is 0 Å². The third-order valence-corrected chi connectivity index (χ3v) is 3.81. The first kappa shape index (κ1) is 12.4. The molecule has 0 aliphatic carbocycles. The van der Waals surface area contributed by atoms with Gasteiger partial charge in [-0.05, 0) is 46.4 Å². The van der Waals surface area contributed by atoms with Crippen LogP contribution >= 0.6 is 0 Å². The van der Waals surface area contributed by atoms with Crippen LogP contribution in [0.2, 0.25) is 0 Å². The van der Waals surface area contributed by atoms with Crippen molar-refractivity contribution in [3.63, 3.8) is 0 Å². The van der Waals surface area contributed by atoms with Crippen molar-refractivity contribution in [2.45, 2.75) is 32.6 Å². The summed E-state index contributed by atoms with van der Waals surface area (Å²) in [5.41, 5.74) is 12.4. The Balaban J connectivity index is 1.98. The topological polar surface area (TPSA) is 35.2 Å². The van der Waals surface area contributed by atoms with Crippen LogP contribution in [0.15, 0.2) is 42.5 Å². The van der Waals surface area contributed by atoms with Crippen molar-refractivity contribution in [1.82, 2.24) is 0 Å². The minimum atomic E-state index is 0.123. The van der Waals surface area contributed by atoms with Gasteiger partial charge in [0.15, 0.2) is 0 Å². The Hall–Kier alpha value is -1.64. The first-order valence-electron chi connectivity index (χ1n) is 6.83. The predicted molar refractivity (Wildman–Crippen MR) is 77.6 cm³/mol. The number of hydrogen-bond donors (Lipinski definition) is 1. The van der Waals surface area contributed by atoms with Crippen LogP contribution in [0.5, 0.6) is 0 Å². The Kier molecular flexibility index (Phi) is 3.36. The van der Waals surface area contributed by atoms with E-state index >= 15 is 0 Å². The van der Waals surface area contributed by atoms with E-state index in [-0.39, 0.29) is 6.04 Å². The van der Waals surface area contributed by atoms with E-state index in [0.717, 1.165) is 19.6 Å². The quantitative estimate of drug-likeness (QED) is 0.903. The maximum Gasteiger partial charge on any atom is 0.0725 e. The highest BCUT2D eigenvalue weighted by molar-refractivity contribution is 5.66. The normalized spacial score (nSPS) is 15.3. The molecule has 1 heterocycles. The lowest BCUT2D eigenvalue weighted by atomic mass is 9.96. The Morgan fingerprint density at radius 3 is 2.68 bits per heavy atom. The van der Waals surface area contributed by atoms with Gasteiger partial charge in [0.05, 0.1) is 13.2 Å². The third kappa shape index (κ3) is 2.42. The van der Waals surface area contributed by atoms with Gasteiger partial charge in [0, 0.05) is 6.04 Å². The minimum absolute atomic E-state index is 0.123. The standard InChI is InChI=1S/C17H19NO/c1-2-17(18)14-5-3-4-12(8-14)13-6-7-15-10-19-11-16(15)9-13/h3-9,17H,2,10-11,18H2,1H3. The van der Waals surface area contributed by atoms with Gasteiger partial charge in [0.1, 0.15) is 0 Å². The second kappa shape index (κ2) is 5.16. The van der Waals surface area contributed by atoms with Gasteiger partial charge in [-0.2, -0.15) is 0 Å². The fourth-order valence-corrected chi connectivity index (χ4v) is 2.54. The Morgan fingerprint density at radius 1 is 1.05 bits per heavy atom. The van der Waals surface area contributed by atoms with E-state index in [1.165, 1.54) is 27.8 Å². The Morgan fingerprint density at radius 2 is 1.84 bits per heavy atom. The summed E-state index contributed by atoms with van der Waals surface area (Å²) in [6.07, 6.45) is 0.960. The smallest absolute Gasteiger partial charge is 0.0725 e. The maximum absolute atomic E-state index is 6.11. The number of benzene rings is 2. The van der Waals surface area contributed by atoms with Gasteiger partial charge < -0.3 is 10.5 Å². The van der Waals surface area contributed by atoms with E-state index in [1.54, 1.807) is 0 Å². The van der Waals surface area contributed by atoms with E-state index < -0.39 is 0 Å². The number of rotatable bonds is 3. The average molecular weight is 253 g/mol. The summed E-state index contributed by atoms with van der Waals surface area (Å²) in [6, 6.07) is 15.2. The van der Waals surface area contributed by atoms with Crippen LogP contribution in [0.1, 0.15) is 36.1 Å². The molecule has 98 valence electrons. The van der Waals surface area contributed by atoms with Crippen LogP contribution in [-0.4, -0.2) is 0 Å². The van der Waals surface area contributed by atoms with Gasteiger partial charge >= 0.3 is 0 Å². The molecule has 0 amide bonds. The van der Waals surface area contributed by atoms with Crippen LogP contribution in [0, 0.1) is 0 Å². The van der Waals surface area contributed by atoms with Crippen molar-refractivity contribution in [3.05, 3.63) is 59.2 Å². The monoisotopic (exact) mass is 253 g/mol. The largest absolute Gasteiger partial charge is 0.372 e. The van der Waals surface area contributed by atoms with Crippen molar-refractivity contribution in [3.8, 4) is 11.1 Å².